The van der Waals surface area contributed by atoms with Gasteiger partial charge in [0.05, 0.1) is 6.61 Å². The molecule has 1 atom stereocenters. The molecule has 64 heavy (non-hydrogen) atoms. The normalized spacial score (nSPS) is 13.4. The number of hydrogen-bond acceptors (Lipinski definition) is 5. The van der Waals surface area contributed by atoms with Gasteiger partial charge in [0.2, 0.25) is 0 Å². The highest BCUT2D eigenvalue weighted by Crippen LogP contribution is 2.14. The topological polar surface area (TPSA) is 72.8 Å². The van der Waals surface area contributed by atoms with Gasteiger partial charge < -0.3 is 14.6 Å². The third-order valence-corrected chi connectivity index (χ3v) is 10.4. The standard InChI is InChI=1S/C59H94O5/c1-3-5-7-9-11-13-15-17-19-21-23-25-26-27-28-29-30-31-32-34-35-37-39-41-43-45-47-49-51-53-58(61)63-56-57(55-60)64-59(62)54-52-50-48-46-44-42-40-38-36-33-24-22-20-18-16-14-12-10-8-6-4-2/h5-8,11-14,17-20,23-25,27-28,33,38,40,44,46,57,60H,3-4,9-10,15-16,21-22,26,29-32,34-37,39,41-43,45,47-56H2,1-2H3/b7-5-,8-6-,13-11-,14-12-,19-17-,20-18-,25-23-,28-27-,33-24-,40-38-,46-44-. The number of ether oxygens (including phenoxy) is 2. The molecule has 0 fully saturated rings. The molecule has 0 saturated heterocycles. The Hall–Kier alpha value is -3.96. The van der Waals surface area contributed by atoms with Gasteiger partial charge in [-0.3, -0.25) is 9.59 Å². The van der Waals surface area contributed by atoms with Crippen LogP contribution in [0.4, 0.5) is 0 Å². The Morgan fingerprint density at radius 3 is 0.969 bits per heavy atom. The predicted molar refractivity (Wildman–Crippen MR) is 278 cm³/mol. The molecule has 0 rings (SSSR count). The van der Waals surface area contributed by atoms with Crippen LogP contribution in [0.25, 0.3) is 0 Å². The zero-order valence-corrected chi connectivity index (χ0v) is 41.0. The summed E-state index contributed by atoms with van der Waals surface area (Å²) in [7, 11) is 0. The van der Waals surface area contributed by atoms with Crippen LogP contribution in [0.5, 0.6) is 0 Å². The Labute approximate surface area is 394 Å². The quantitative estimate of drug-likeness (QED) is 0.0375. The van der Waals surface area contributed by atoms with Gasteiger partial charge in [-0.2, -0.15) is 0 Å². The van der Waals surface area contributed by atoms with E-state index in [1.165, 1.54) is 70.6 Å². The van der Waals surface area contributed by atoms with Crippen LogP contribution >= 0.6 is 0 Å². The van der Waals surface area contributed by atoms with Crippen LogP contribution in [0, 0.1) is 0 Å². The van der Waals surface area contributed by atoms with Crippen molar-refractivity contribution in [1.82, 2.24) is 0 Å². The van der Waals surface area contributed by atoms with Crippen LogP contribution < -0.4 is 0 Å². The van der Waals surface area contributed by atoms with E-state index >= 15 is 0 Å². The zero-order valence-electron chi connectivity index (χ0n) is 41.0. The van der Waals surface area contributed by atoms with Crippen LogP contribution in [0.2, 0.25) is 0 Å². The molecule has 0 aromatic heterocycles. The number of rotatable bonds is 45. The summed E-state index contributed by atoms with van der Waals surface area (Å²) in [5.41, 5.74) is 0. The SMILES string of the molecule is CC/C=C\C/C=C\C/C=C\C/C=C\C/C=C\C/C=C\CCCCC(=O)OC(CO)COC(=O)CCCCCCCCCCCCCCC/C=C\C/C=C\C/C=C\C/C=C\C/C=C\CC. The summed E-state index contributed by atoms with van der Waals surface area (Å²) in [6.07, 6.45) is 79.7. The van der Waals surface area contributed by atoms with Crippen molar-refractivity contribution in [3.63, 3.8) is 0 Å². The van der Waals surface area contributed by atoms with Gasteiger partial charge in [-0.05, 0) is 109 Å². The van der Waals surface area contributed by atoms with Gasteiger partial charge in [-0.25, -0.2) is 0 Å². The van der Waals surface area contributed by atoms with Gasteiger partial charge in [-0.15, -0.1) is 0 Å². The molecule has 1 unspecified atom stereocenters. The average Bonchev–Trinajstić information content (AvgIpc) is 3.30. The number of hydrogen-bond donors (Lipinski definition) is 1. The lowest BCUT2D eigenvalue weighted by Crippen LogP contribution is -2.28. The predicted octanol–water partition coefficient (Wildman–Crippen LogP) is 17.3. The second-order valence-corrected chi connectivity index (χ2v) is 16.5. The van der Waals surface area contributed by atoms with Crippen molar-refractivity contribution in [2.24, 2.45) is 0 Å². The molecule has 0 heterocycles. The number of aliphatic hydroxyl groups is 1. The number of unbranched alkanes of at least 4 members (excludes halogenated alkanes) is 15. The zero-order chi connectivity index (χ0) is 46.3. The first-order valence-electron chi connectivity index (χ1n) is 25.7. The monoisotopic (exact) mass is 883 g/mol. The molecule has 5 heteroatoms. The molecule has 0 aromatic carbocycles. The maximum absolute atomic E-state index is 12.2. The van der Waals surface area contributed by atoms with Gasteiger partial charge in [0, 0.05) is 12.8 Å². The molecule has 0 aliphatic carbocycles. The van der Waals surface area contributed by atoms with Gasteiger partial charge >= 0.3 is 11.9 Å². The number of carbonyl (C=O) groups excluding carboxylic acids is 2. The molecule has 360 valence electrons. The second kappa shape index (κ2) is 53.4. The number of aliphatic hydroxyl groups excluding tert-OH is 1. The van der Waals surface area contributed by atoms with Crippen molar-refractivity contribution in [2.45, 2.75) is 213 Å². The summed E-state index contributed by atoms with van der Waals surface area (Å²) in [4.78, 5) is 24.5. The van der Waals surface area contributed by atoms with E-state index in [4.69, 9.17) is 9.47 Å². The van der Waals surface area contributed by atoms with Crippen LogP contribution in [0.1, 0.15) is 206 Å². The molecule has 5 nitrogen and oxygen atoms in total. The van der Waals surface area contributed by atoms with Crippen molar-refractivity contribution < 1.29 is 24.2 Å². The highest BCUT2D eigenvalue weighted by Gasteiger charge is 2.16. The number of carbonyl (C=O) groups is 2. The first-order chi connectivity index (χ1) is 31.6. The van der Waals surface area contributed by atoms with E-state index in [9.17, 15) is 14.7 Å². The van der Waals surface area contributed by atoms with Crippen molar-refractivity contribution in [1.29, 1.82) is 0 Å². The van der Waals surface area contributed by atoms with E-state index in [-0.39, 0.29) is 25.2 Å². The average molecular weight is 883 g/mol. The molecule has 1 N–H and O–H groups in total. The molecule has 0 aliphatic heterocycles. The molecular weight excluding hydrogens is 789 g/mol. The van der Waals surface area contributed by atoms with Gasteiger partial charge in [0.1, 0.15) is 6.61 Å². The van der Waals surface area contributed by atoms with E-state index in [0.717, 1.165) is 109 Å². The largest absolute Gasteiger partial charge is 0.462 e. The molecule has 0 bridgehead atoms. The fourth-order valence-electron chi connectivity index (χ4n) is 6.64. The van der Waals surface area contributed by atoms with Crippen molar-refractivity contribution in [2.75, 3.05) is 13.2 Å². The van der Waals surface area contributed by atoms with Crippen LogP contribution in [-0.4, -0.2) is 36.4 Å². The Kier molecular flexibility index (Phi) is 50.1. The summed E-state index contributed by atoms with van der Waals surface area (Å²) in [6, 6.07) is 0. The first-order valence-corrected chi connectivity index (χ1v) is 25.7. The number of esters is 2. The van der Waals surface area contributed by atoms with Crippen LogP contribution in [-0.2, 0) is 19.1 Å². The van der Waals surface area contributed by atoms with Gasteiger partial charge in [-0.1, -0.05) is 218 Å². The minimum absolute atomic E-state index is 0.0925. The summed E-state index contributed by atoms with van der Waals surface area (Å²) < 4.78 is 10.6. The Morgan fingerprint density at radius 1 is 0.359 bits per heavy atom. The fraction of sp³-hybridized carbons (Fsp3) is 0.593. The molecule has 0 saturated carbocycles. The highest BCUT2D eigenvalue weighted by molar-refractivity contribution is 5.70. The Balaban J connectivity index is 3.61. The minimum atomic E-state index is -0.806. The lowest BCUT2D eigenvalue weighted by molar-refractivity contribution is -0.161. The molecule has 0 amide bonds. The number of allylic oxidation sites excluding steroid dienone is 22. The fourth-order valence-corrected chi connectivity index (χ4v) is 6.64. The highest BCUT2D eigenvalue weighted by atomic mass is 16.6. The van der Waals surface area contributed by atoms with E-state index in [1.807, 2.05) is 0 Å². The molecule has 0 radical (unpaired) electrons. The van der Waals surface area contributed by atoms with Crippen molar-refractivity contribution in [3.8, 4) is 0 Å². The summed E-state index contributed by atoms with van der Waals surface area (Å²) in [5.74, 6) is -0.651. The van der Waals surface area contributed by atoms with Crippen molar-refractivity contribution >= 4 is 11.9 Å². The second-order valence-electron chi connectivity index (χ2n) is 16.5. The first kappa shape index (κ1) is 60.0. The lowest BCUT2D eigenvalue weighted by Gasteiger charge is -2.15. The Morgan fingerprint density at radius 2 is 0.625 bits per heavy atom. The smallest absolute Gasteiger partial charge is 0.306 e. The minimum Gasteiger partial charge on any atom is -0.462 e. The summed E-state index contributed by atoms with van der Waals surface area (Å²) in [5, 5.41) is 9.62. The van der Waals surface area contributed by atoms with Gasteiger partial charge in [0.25, 0.3) is 0 Å². The van der Waals surface area contributed by atoms with Crippen molar-refractivity contribution in [3.05, 3.63) is 134 Å². The van der Waals surface area contributed by atoms with E-state index in [2.05, 4.69) is 148 Å². The molecular formula is C59H94O5. The maximum atomic E-state index is 12.2. The maximum Gasteiger partial charge on any atom is 0.306 e. The van der Waals surface area contributed by atoms with E-state index in [1.54, 1.807) is 0 Å². The summed E-state index contributed by atoms with van der Waals surface area (Å²) in [6.45, 7) is 3.87. The lowest BCUT2D eigenvalue weighted by atomic mass is 10.0. The Bertz CT molecular complexity index is 1370. The van der Waals surface area contributed by atoms with E-state index < -0.39 is 6.10 Å². The molecule has 0 aliphatic rings. The van der Waals surface area contributed by atoms with Gasteiger partial charge in [0.15, 0.2) is 6.10 Å². The van der Waals surface area contributed by atoms with E-state index in [0.29, 0.717) is 12.8 Å². The van der Waals surface area contributed by atoms with Crippen LogP contribution in [0.15, 0.2) is 134 Å². The summed E-state index contributed by atoms with van der Waals surface area (Å²) >= 11 is 0. The molecule has 0 aromatic rings. The third kappa shape index (κ3) is 50.7. The third-order valence-electron chi connectivity index (χ3n) is 10.4. The molecule has 0 spiro atoms. The van der Waals surface area contributed by atoms with Crippen LogP contribution in [0.3, 0.4) is 0 Å².